The molecule has 1 amide bonds. The molecule has 5 nitrogen and oxygen atoms in total. The summed E-state index contributed by atoms with van der Waals surface area (Å²) in [5.74, 6) is 0.745. The van der Waals surface area contributed by atoms with E-state index < -0.39 is 0 Å². The minimum atomic E-state index is 0.0260. The molecule has 3 rings (SSSR count). The molecule has 1 aliphatic rings. The normalized spacial score (nSPS) is 13.9. The van der Waals surface area contributed by atoms with E-state index in [9.17, 15) is 4.79 Å². The number of para-hydroxylation sites is 1. The zero-order chi connectivity index (χ0) is 21.0. The summed E-state index contributed by atoms with van der Waals surface area (Å²) in [6.07, 6.45) is 0. The van der Waals surface area contributed by atoms with Crippen LogP contribution in [-0.4, -0.2) is 43.4 Å². The van der Waals surface area contributed by atoms with Gasteiger partial charge in [0.2, 0.25) is 0 Å². The Balaban J connectivity index is 1.59. The van der Waals surface area contributed by atoms with Crippen LogP contribution in [0, 0.1) is 13.8 Å². The van der Waals surface area contributed by atoms with Gasteiger partial charge in [-0.25, -0.2) is 0 Å². The maximum absolute atomic E-state index is 12.7. The molecule has 2 aromatic carbocycles. The van der Waals surface area contributed by atoms with Crippen molar-refractivity contribution in [1.82, 2.24) is 4.90 Å². The molecule has 1 N–H and O–H groups in total. The van der Waals surface area contributed by atoms with Crippen molar-refractivity contribution in [3.05, 3.63) is 59.7 Å². The highest BCUT2D eigenvalue weighted by Gasteiger charge is 2.23. The predicted octanol–water partition coefficient (Wildman–Crippen LogP) is 5.35. The average molecular weight is 412 g/mol. The molecule has 1 fully saturated rings. The van der Waals surface area contributed by atoms with Crippen LogP contribution in [0.3, 0.4) is 0 Å². The quantitative estimate of drug-likeness (QED) is 0.672. The number of rotatable bonds is 5. The first-order valence-corrected chi connectivity index (χ1v) is 10.6. The third-order valence-corrected chi connectivity index (χ3v) is 6.06. The minimum Gasteiger partial charge on any atom is -0.495 e. The summed E-state index contributed by atoms with van der Waals surface area (Å²) in [7, 11) is 1.64. The zero-order valence-electron chi connectivity index (χ0n) is 17.6. The number of hydrogen-bond acceptors (Lipinski definition) is 5. The largest absolute Gasteiger partial charge is 0.495 e. The van der Waals surface area contributed by atoms with E-state index in [0.29, 0.717) is 13.1 Å². The van der Waals surface area contributed by atoms with E-state index in [1.165, 1.54) is 11.3 Å². The highest BCUT2D eigenvalue weighted by molar-refractivity contribution is 8.14. The maximum Gasteiger partial charge on any atom is 0.302 e. The van der Waals surface area contributed by atoms with Crippen LogP contribution in [0.1, 0.15) is 23.6 Å². The van der Waals surface area contributed by atoms with Gasteiger partial charge in [0.15, 0.2) is 0 Å². The first-order chi connectivity index (χ1) is 13.9. The van der Waals surface area contributed by atoms with Gasteiger partial charge in [-0.05, 0) is 55.7 Å². The summed E-state index contributed by atoms with van der Waals surface area (Å²) in [4.78, 5) is 16.9. The number of nitrogens with zero attached hydrogens (tertiary/aromatic N) is 2. The monoisotopic (exact) mass is 411 g/mol. The molecule has 0 unspecified atom stereocenters. The molecule has 2 aromatic rings. The second kappa shape index (κ2) is 9.27. The summed E-state index contributed by atoms with van der Waals surface area (Å²) < 4.78 is 8.61. The topological polar surface area (TPSA) is 44.8 Å². The summed E-state index contributed by atoms with van der Waals surface area (Å²) >= 11 is 1.11. The van der Waals surface area contributed by atoms with E-state index in [0.717, 1.165) is 53.2 Å². The molecule has 0 radical (unpaired) electrons. The van der Waals surface area contributed by atoms with Crippen molar-refractivity contribution in [2.75, 3.05) is 42.9 Å². The number of piperazine rings is 1. The SMILES string of the molecule is C=C(C)c1ccccc1N1CCN(C(=O)SNc2cc(C)c(C)cc2OC)CC1. The molecule has 6 heteroatoms. The van der Waals surface area contributed by atoms with Crippen LogP contribution in [0.2, 0.25) is 0 Å². The second-order valence-electron chi connectivity index (χ2n) is 7.38. The Morgan fingerprint density at radius 1 is 1.10 bits per heavy atom. The molecule has 1 heterocycles. The van der Waals surface area contributed by atoms with Gasteiger partial charge >= 0.3 is 5.24 Å². The lowest BCUT2D eigenvalue weighted by atomic mass is 10.1. The fourth-order valence-electron chi connectivity index (χ4n) is 3.44. The second-order valence-corrected chi connectivity index (χ2v) is 8.14. The Kier molecular flexibility index (Phi) is 6.75. The molecular formula is C23H29N3O2S. The van der Waals surface area contributed by atoms with Crippen molar-refractivity contribution in [3.63, 3.8) is 0 Å². The third-order valence-electron chi connectivity index (χ3n) is 5.31. The van der Waals surface area contributed by atoms with Crippen LogP contribution >= 0.6 is 11.9 Å². The molecule has 1 aliphatic heterocycles. The van der Waals surface area contributed by atoms with Crippen molar-refractivity contribution in [3.8, 4) is 5.75 Å². The highest BCUT2D eigenvalue weighted by atomic mass is 32.2. The van der Waals surface area contributed by atoms with Crippen LogP contribution < -0.4 is 14.4 Å². The number of nitrogens with one attached hydrogen (secondary N) is 1. The molecule has 0 bridgehead atoms. The molecule has 0 saturated carbocycles. The fraction of sp³-hybridized carbons (Fsp3) is 0.348. The van der Waals surface area contributed by atoms with Gasteiger partial charge in [-0.1, -0.05) is 24.8 Å². The standard InChI is InChI=1S/C23H29N3O2S/c1-16(2)19-8-6-7-9-21(19)25-10-12-26(13-11-25)23(27)29-24-20-14-17(3)18(4)15-22(20)28-5/h6-9,14-15,24H,1,10-13H2,2-5H3. The van der Waals surface area contributed by atoms with Crippen molar-refractivity contribution < 1.29 is 9.53 Å². The van der Waals surface area contributed by atoms with Crippen LogP contribution in [-0.2, 0) is 0 Å². The van der Waals surface area contributed by atoms with Gasteiger partial charge in [0.1, 0.15) is 5.75 Å². The molecule has 29 heavy (non-hydrogen) atoms. The lowest BCUT2D eigenvalue weighted by molar-refractivity contribution is 0.219. The third kappa shape index (κ3) is 4.88. The number of hydrogen-bond donors (Lipinski definition) is 1. The Labute approximate surface area is 177 Å². The van der Waals surface area contributed by atoms with Crippen molar-refractivity contribution >= 4 is 34.1 Å². The number of carbonyl (C=O) groups is 1. The maximum atomic E-state index is 12.7. The van der Waals surface area contributed by atoms with E-state index in [1.54, 1.807) is 7.11 Å². The van der Waals surface area contributed by atoms with Gasteiger partial charge in [0.05, 0.1) is 12.8 Å². The van der Waals surface area contributed by atoms with Crippen LogP contribution in [0.25, 0.3) is 5.57 Å². The number of anilines is 2. The first-order valence-electron chi connectivity index (χ1n) is 9.77. The molecule has 0 aromatic heterocycles. The number of benzene rings is 2. The number of amides is 1. The Bertz CT molecular complexity index is 905. The number of aryl methyl sites for hydroxylation is 2. The van der Waals surface area contributed by atoms with Crippen LogP contribution in [0.4, 0.5) is 16.2 Å². The van der Waals surface area contributed by atoms with Gasteiger partial charge in [-0.2, -0.15) is 0 Å². The average Bonchev–Trinajstić information content (AvgIpc) is 2.74. The molecule has 0 spiro atoms. The van der Waals surface area contributed by atoms with Gasteiger partial charge in [-0.15, -0.1) is 0 Å². The van der Waals surface area contributed by atoms with E-state index in [-0.39, 0.29) is 5.24 Å². The molecule has 1 saturated heterocycles. The molecular weight excluding hydrogens is 382 g/mol. The van der Waals surface area contributed by atoms with E-state index in [4.69, 9.17) is 4.74 Å². The number of carbonyl (C=O) groups excluding carboxylic acids is 1. The lowest BCUT2D eigenvalue weighted by Crippen LogP contribution is -2.48. The van der Waals surface area contributed by atoms with E-state index in [2.05, 4.69) is 41.3 Å². The summed E-state index contributed by atoms with van der Waals surface area (Å²) in [5, 5.41) is 0.0260. The summed E-state index contributed by atoms with van der Waals surface area (Å²) in [6.45, 7) is 13.2. The smallest absolute Gasteiger partial charge is 0.302 e. The predicted molar refractivity (Wildman–Crippen MR) is 124 cm³/mol. The van der Waals surface area contributed by atoms with Gasteiger partial charge < -0.3 is 19.3 Å². The van der Waals surface area contributed by atoms with Crippen molar-refractivity contribution in [1.29, 1.82) is 0 Å². The Morgan fingerprint density at radius 3 is 2.41 bits per heavy atom. The van der Waals surface area contributed by atoms with Gasteiger partial charge in [0, 0.05) is 49.4 Å². The van der Waals surface area contributed by atoms with Crippen molar-refractivity contribution in [2.45, 2.75) is 20.8 Å². The highest BCUT2D eigenvalue weighted by Crippen LogP contribution is 2.31. The number of allylic oxidation sites excluding steroid dienone is 1. The minimum absolute atomic E-state index is 0.0260. The van der Waals surface area contributed by atoms with Crippen LogP contribution in [0.15, 0.2) is 43.0 Å². The van der Waals surface area contributed by atoms with Gasteiger partial charge in [-0.3, -0.25) is 4.79 Å². The van der Waals surface area contributed by atoms with E-state index in [1.807, 2.05) is 36.9 Å². The van der Waals surface area contributed by atoms with Crippen LogP contribution in [0.5, 0.6) is 5.75 Å². The number of methoxy groups -OCH3 is 1. The summed E-state index contributed by atoms with van der Waals surface area (Å²) in [6, 6.07) is 12.3. The van der Waals surface area contributed by atoms with E-state index >= 15 is 0 Å². The Morgan fingerprint density at radius 2 is 1.76 bits per heavy atom. The van der Waals surface area contributed by atoms with Gasteiger partial charge in [0.25, 0.3) is 0 Å². The first kappa shape index (κ1) is 21.1. The fourth-order valence-corrected chi connectivity index (χ4v) is 4.11. The number of ether oxygens (including phenoxy) is 1. The Hall–Kier alpha value is -2.60. The zero-order valence-corrected chi connectivity index (χ0v) is 18.4. The molecule has 0 atom stereocenters. The lowest BCUT2D eigenvalue weighted by Gasteiger charge is -2.36. The molecule has 0 aliphatic carbocycles. The summed E-state index contributed by atoms with van der Waals surface area (Å²) in [5.41, 5.74) is 6.56. The molecule has 154 valence electrons. The van der Waals surface area contributed by atoms with Crippen molar-refractivity contribution in [2.24, 2.45) is 0 Å².